The Morgan fingerprint density at radius 1 is 1.36 bits per heavy atom. The molecular formula is C9H13Cl2N3. The predicted molar refractivity (Wildman–Crippen MR) is 58.6 cm³/mol. The number of hydrogen-bond donors (Lipinski definition) is 1. The van der Waals surface area contributed by atoms with Crippen molar-refractivity contribution in [3.8, 4) is 0 Å². The number of aryl methyl sites for hydroxylation is 1. The van der Waals surface area contributed by atoms with Gasteiger partial charge < -0.3 is 5.73 Å². The van der Waals surface area contributed by atoms with Gasteiger partial charge >= 0.3 is 0 Å². The Morgan fingerprint density at radius 3 is 2.57 bits per heavy atom. The number of aromatic nitrogens is 2. The largest absolute Gasteiger partial charge is 0.326 e. The van der Waals surface area contributed by atoms with Gasteiger partial charge in [0.05, 0.1) is 0 Å². The third kappa shape index (κ3) is 3.78. The molecule has 0 aromatic carbocycles. The highest BCUT2D eigenvalue weighted by atomic mass is 35.5. The average Bonchev–Trinajstić information content (AvgIpc) is 2.05. The van der Waals surface area contributed by atoms with Crippen LogP contribution in [0, 0.1) is 0 Å². The van der Waals surface area contributed by atoms with Crippen molar-refractivity contribution >= 4 is 23.2 Å². The van der Waals surface area contributed by atoms with Crippen molar-refractivity contribution in [2.24, 2.45) is 5.73 Å². The molecule has 0 aliphatic rings. The van der Waals surface area contributed by atoms with Gasteiger partial charge in [0.1, 0.15) is 0 Å². The molecule has 0 atom stereocenters. The molecular weight excluding hydrogens is 221 g/mol. The Labute approximate surface area is 93.6 Å². The van der Waals surface area contributed by atoms with Crippen LogP contribution < -0.4 is 5.73 Å². The van der Waals surface area contributed by atoms with Crippen molar-refractivity contribution in [3.05, 3.63) is 21.9 Å². The summed E-state index contributed by atoms with van der Waals surface area (Å²) in [4.78, 5) is 0. The first-order valence-electron chi connectivity index (χ1n) is 4.35. The lowest BCUT2D eigenvalue weighted by Gasteiger charge is -2.18. The quantitative estimate of drug-likeness (QED) is 0.873. The maximum atomic E-state index is 5.86. The third-order valence-corrected chi connectivity index (χ3v) is 2.33. The molecule has 0 amide bonds. The molecule has 14 heavy (non-hydrogen) atoms. The Bertz CT molecular complexity index is 320. The van der Waals surface area contributed by atoms with E-state index in [2.05, 4.69) is 10.2 Å². The van der Waals surface area contributed by atoms with Crippen LogP contribution in [0.3, 0.4) is 0 Å². The summed E-state index contributed by atoms with van der Waals surface area (Å²) in [5.41, 5.74) is 6.54. The first-order valence-corrected chi connectivity index (χ1v) is 5.10. The second-order valence-electron chi connectivity index (χ2n) is 3.97. The number of rotatable bonds is 3. The van der Waals surface area contributed by atoms with E-state index in [9.17, 15) is 0 Å². The molecule has 3 nitrogen and oxygen atoms in total. The van der Waals surface area contributed by atoms with Crippen LogP contribution in [0.5, 0.6) is 0 Å². The van der Waals surface area contributed by atoms with Gasteiger partial charge in [-0.1, -0.05) is 23.2 Å². The standard InChI is InChI=1S/C9H13Cl2N3/c1-9(2,12)4-3-6-5-7(10)13-14-8(6)11/h5H,3-4,12H2,1-2H3. The summed E-state index contributed by atoms with van der Waals surface area (Å²) in [6, 6.07) is 1.72. The summed E-state index contributed by atoms with van der Waals surface area (Å²) >= 11 is 11.6. The van der Waals surface area contributed by atoms with Gasteiger partial charge in [-0.25, -0.2) is 0 Å². The smallest absolute Gasteiger partial charge is 0.155 e. The molecule has 0 spiro atoms. The van der Waals surface area contributed by atoms with Crippen LogP contribution in [0.1, 0.15) is 25.8 Å². The highest BCUT2D eigenvalue weighted by Crippen LogP contribution is 2.19. The minimum Gasteiger partial charge on any atom is -0.326 e. The second kappa shape index (κ2) is 4.43. The van der Waals surface area contributed by atoms with E-state index in [0.717, 1.165) is 18.4 Å². The summed E-state index contributed by atoms with van der Waals surface area (Å²) in [7, 11) is 0. The molecule has 1 heterocycles. The molecule has 1 aromatic rings. The monoisotopic (exact) mass is 233 g/mol. The molecule has 78 valence electrons. The van der Waals surface area contributed by atoms with E-state index in [4.69, 9.17) is 28.9 Å². The molecule has 0 aliphatic heterocycles. The predicted octanol–water partition coefficient (Wildman–Crippen LogP) is 2.45. The van der Waals surface area contributed by atoms with Crippen molar-refractivity contribution in [3.63, 3.8) is 0 Å². The molecule has 0 aliphatic carbocycles. The Balaban J connectivity index is 2.72. The lowest BCUT2D eigenvalue weighted by molar-refractivity contribution is 0.476. The van der Waals surface area contributed by atoms with Crippen LogP contribution in [0.15, 0.2) is 6.07 Å². The Morgan fingerprint density at radius 2 is 2.00 bits per heavy atom. The van der Waals surface area contributed by atoms with Crippen LogP contribution >= 0.6 is 23.2 Å². The van der Waals surface area contributed by atoms with Crippen molar-refractivity contribution < 1.29 is 0 Å². The average molecular weight is 234 g/mol. The Hall–Kier alpha value is -0.380. The van der Waals surface area contributed by atoms with E-state index in [0.29, 0.717) is 10.3 Å². The molecule has 1 aromatic heterocycles. The molecule has 0 saturated heterocycles. The van der Waals surface area contributed by atoms with Gasteiger partial charge in [0.2, 0.25) is 0 Å². The Kier molecular flexibility index (Phi) is 3.70. The highest BCUT2D eigenvalue weighted by molar-refractivity contribution is 6.31. The van der Waals surface area contributed by atoms with Crippen LogP contribution in [-0.2, 0) is 6.42 Å². The molecule has 0 fully saturated rings. The topological polar surface area (TPSA) is 51.8 Å². The SMILES string of the molecule is CC(C)(N)CCc1cc(Cl)nnc1Cl. The summed E-state index contributed by atoms with van der Waals surface area (Å²) < 4.78 is 0. The lowest BCUT2D eigenvalue weighted by atomic mass is 9.97. The van der Waals surface area contributed by atoms with Gasteiger partial charge in [-0.05, 0) is 38.3 Å². The zero-order valence-corrected chi connectivity index (χ0v) is 9.73. The molecule has 0 unspecified atom stereocenters. The lowest BCUT2D eigenvalue weighted by Crippen LogP contribution is -2.32. The van der Waals surface area contributed by atoms with Crippen molar-refractivity contribution in [2.75, 3.05) is 0 Å². The summed E-state index contributed by atoms with van der Waals surface area (Å²) in [6.45, 7) is 3.94. The van der Waals surface area contributed by atoms with Gasteiger partial charge in [0, 0.05) is 5.54 Å². The normalized spacial score (nSPS) is 11.8. The van der Waals surface area contributed by atoms with E-state index in [1.54, 1.807) is 6.07 Å². The van der Waals surface area contributed by atoms with E-state index in [1.165, 1.54) is 0 Å². The van der Waals surface area contributed by atoms with Crippen molar-refractivity contribution in [1.29, 1.82) is 0 Å². The van der Waals surface area contributed by atoms with E-state index in [-0.39, 0.29) is 5.54 Å². The number of halogens is 2. The third-order valence-electron chi connectivity index (χ3n) is 1.83. The fraction of sp³-hybridized carbons (Fsp3) is 0.556. The fourth-order valence-electron chi connectivity index (χ4n) is 1.02. The van der Waals surface area contributed by atoms with Crippen LogP contribution in [0.2, 0.25) is 10.3 Å². The number of nitrogens with zero attached hydrogens (tertiary/aromatic N) is 2. The van der Waals surface area contributed by atoms with Gasteiger partial charge in [0.15, 0.2) is 10.3 Å². The molecule has 0 saturated carbocycles. The first kappa shape index (κ1) is 11.7. The van der Waals surface area contributed by atoms with Gasteiger partial charge in [-0.15, -0.1) is 10.2 Å². The zero-order chi connectivity index (χ0) is 10.8. The molecule has 1 rings (SSSR count). The minimum absolute atomic E-state index is 0.209. The summed E-state index contributed by atoms with van der Waals surface area (Å²) in [5.74, 6) is 0. The van der Waals surface area contributed by atoms with Crippen LogP contribution in [0.4, 0.5) is 0 Å². The van der Waals surface area contributed by atoms with E-state index >= 15 is 0 Å². The van der Waals surface area contributed by atoms with Crippen LogP contribution in [-0.4, -0.2) is 15.7 Å². The summed E-state index contributed by atoms with van der Waals surface area (Å²) in [5, 5.41) is 8.12. The first-order chi connectivity index (χ1) is 6.38. The van der Waals surface area contributed by atoms with E-state index in [1.807, 2.05) is 13.8 Å². The van der Waals surface area contributed by atoms with E-state index < -0.39 is 0 Å². The maximum Gasteiger partial charge on any atom is 0.155 e. The maximum absolute atomic E-state index is 5.86. The fourth-order valence-corrected chi connectivity index (χ4v) is 1.38. The van der Waals surface area contributed by atoms with Gasteiger partial charge in [-0.3, -0.25) is 0 Å². The highest BCUT2D eigenvalue weighted by Gasteiger charge is 2.12. The minimum atomic E-state index is -0.209. The second-order valence-corrected chi connectivity index (χ2v) is 4.72. The van der Waals surface area contributed by atoms with Gasteiger partial charge in [-0.2, -0.15) is 0 Å². The molecule has 5 heteroatoms. The van der Waals surface area contributed by atoms with Crippen LogP contribution in [0.25, 0.3) is 0 Å². The summed E-state index contributed by atoms with van der Waals surface area (Å²) in [6.07, 6.45) is 1.59. The van der Waals surface area contributed by atoms with Gasteiger partial charge in [0.25, 0.3) is 0 Å². The van der Waals surface area contributed by atoms with Crippen molar-refractivity contribution in [2.45, 2.75) is 32.2 Å². The molecule has 0 bridgehead atoms. The molecule has 2 N–H and O–H groups in total. The molecule has 0 radical (unpaired) electrons. The number of nitrogens with two attached hydrogens (primary N) is 1. The number of hydrogen-bond acceptors (Lipinski definition) is 3. The zero-order valence-electron chi connectivity index (χ0n) is 8.22. The van der Waals surface area contributed by atoms with Crippen molar-refractivity contribution in [1.82, 2.24) is 10.2 Å².